The van der Waals surface area contributed by atoms with Crippen molar-refractivity contribution in [3.8, 4) is 0 Å². The SMILES string of the molecule is O=C(CC1C=CCC1)Nc1cnc2ccccc2c1. The molecular weight excluding hydrogens is 236 g/mol. The number of nitrogens with one attached hydrogen (secondary N) is 1. The number of para-hydroxylation sites is 1. The van der Waals surface area contributed by atoms with Gasteiger partial charge in [0.1, 0.15) is 0 Å². The Morgan fingerprint density at radius 1 is 1.37 bits per heavy atom. The van der Waals surface area contributed by atoms with Crippen LogP contribution in [0.4, 0.5) is 5.69 Å². The molecule has 1 aliphatic carbocycles. The van der Waals surface area contributed by atoms with Crippen molar-refractivity contribution in [1.82, 2.24) is 4.98 Å². The number of anilines is 1. The molecule has 3 heteroatoms. The van der Waals surface area contributed by atoms with Crippen LogP contribution in [-0.4, -0.2) is 10.9 Å². The maximum atomic E-state index is 11.9. The first kappa shape index (κ1) is 11.9. The highest BCUT2D eigenvalue weighted by molar-refractivity contribution is 5.93. The third kappa shape index (κ3) is 2.81. The first-order chi connectivity index (χ1) is 9.31. The van der Waals surface area contributed by atoms with Gasteiger partial charge in [-0.25, -0.2) is 0 Å². The second-order valence-corrected chi connectivity index (χ2v) is 4.93. The first-order valence-corrected chi connectivity index (χ1v) is 6.62. The summed E-state index contributed by atoms with van der Waals surface area (Å²) in [6, 6.07) is 9.85. The Morgan fingerprint density at radius 3 is 3.11 bits per heavy atom. The fraction of sp³-hybridized carbons (Fsp3) is 0.250. The van der Waals surface area contributed by atoms with Crippen molar-refractivity contribution >= 4 is 22.5 Å². The molecule has 0 bridgehead atoms. The predicted octanol–water partition coefficient (Wildman–Crippen LogP) is 3.53. The van der Waals surface area contributed by atoms with E-state index in [1.165, 1.54) is 0 Å². The summed E-state index contributed by atoms with van der Waals surface area (Å²) < 4.78 is 0. The zero-order valence-corrected chi connectivity index (χ0v) is 10.7. The molecule has 19 heavy (non-hydrogen) atoms. The molecule has 1 atom stereocenters. The van der Waals surface area contributed by atoms with Gasteiger partial charge in [0.25, 0.3) is 0 Å². The zero-order valence-electron chi connectivity index (χ0n) is 10.7. The molecule has 0 saturated heterocycles. The number of carbonyl (C=O) groups excluding carboxylic acids is 1. The lowest BCUT2D eigenvalue weighted by atomic mass is 10.1. The fourth-order valence-corrected chi connectivity index (χ4v) is 2.45. The summed E-state index contributed by atoms with van der Waals surface area (Å²) in [6.07, 6.45) is 8.74. The third-order valence-electron chi connectivity index (χ3n) is 3.43. The number of allylic oxidation sites excluding steroid dienone is 2. The normalized spacial score (nSPS) is 17.8. The molecule has 3 nitrogen and oxygen atoms in total. The molecule has 3 rings (SSSR count). The van der Waals surface area contributed by atoms with Gasteiger partial charge >= 0.3 is 0 Å². The van der Waals surface area contributed by atoms with Crippen molar-refractivity contribution in [2.45, 2.75) is 19.3 Å². The number of amides is 1. The van der Waals surface area contributed by atoms with Crippen LogP contribution in [0.1, 0.15) is 19.3 Å². The van der Waals surface area contributed by atoms with E-state index in [2.05, 4.69) is 22.5 Å². The second kappa shape index (κ2) is 5.22. The van der Waals surface area contributed by atoms with Gasteiger partial charge in [0.2, 0.25) is 5.91 Å². The number of fused-ring (bicyclic) bond motifs is 1. The van der Waals surface area contributed by atoms with Gasteiger partial charge in [0.05, 0.1) is 17.4 Å². The highest BCUT2D eigenvalue weighted by Crippen LogP contribution is 2.21. The molecule has 0 saturated carbocycles. The third-order valence-corrected chi connectivity index (χ3v) is 3.43. The van der Waals surface area contributed by atoms with Crippen LogP contribution in [0.3, 0.4) is 0 Å². The van der Waals surface area contributed by atoms with E-state index < -0.39 is 0 Å². The van der Waals surface area contributed by atoms with Crippen molar-refractivity contribution in [2.24, 2.45) is 5.92 Å². The average Bonchev–Trinajstić information content (AvgIpc) is 2.91. The summed E-state index contributed by atoms with van der Waals surface area (Å²) in [7, 11) is 0. The summed E-state index contributed by atoms with van der Waals surface area (Å²) in [5.74, 6) is 0.460. The molecule has 1 aromatic carbocycles. The van der Waals surface area contributed by atoms with Gasteiger partial charge in [-0.05, 0) is 30.9 Å². The Bertz CT molecular complexity index is 633. The van der Waals surface area contributed by atoms with E-state index in [9.17, 15) is 4.79 Å². The van der Waals surface area contributed by atoms with Crippen molar-refractivity contribution in [3.05, 3.63) is 48.7 Å². The first-order valence-electron chi connectivity index (χ1n) is 6.62. The van der Waals surface area contributed by atoms with Crippen LogP contribution in [0.25, 0.3) is 10.9 Å². The lowest BCUT2D eigenvalue weighted by molar-refractivity contribution is -0.116. The Hall–Kier alpha value is -2.16. The molecule has 96 valence electrons. The molecule has 1 amide bonds. The van der Waals surface area contributed by atoms with Crippen LogP contribution in [0.5, 0.6) is 0 Å². The van der Waals surface area contributed by atoms with E-state index in [1.807, 2.05) is 30.3 Å². The number of carbonyl (C=O) groups is 1. The summed E-state index contributed by atoms with van der Waals surface area (Å²) >= 11 is 0. The number of aromatic nitrogens is 1. The summed E-state index contributed by atoms with van der Waals surface area (Å²) in [5, 5.41) is 3.97. The van der Waals surface area contributed by atoms with E-state index in [1.54, 1.807) is 6.20 Å². The molecule has 0 radical (unpaired) electrons. The summed E-state index contributed by atoms with van der Waals surface area (Å²) in [4.78, 5) is 16.3. The van der Waals surface area contributed by atoms with Crippen LogP contribution >= 0.6 is 0 Å². The van der Waals surface area contributed by atoms with Crippen LogP contribution in [-0.2, 0) is 4.79 Å². The number of rotatable bonds is 3. The van der Waals surface area contributed by atoms with Gasteiger partial charge in [0, 0.05) is 11.8 Å². The van der Waals surface area contributed by atoms with Crippen molar-refractivity contribution in [2.75, 3.05) is 5.32 Å². The largest absolute Gasteiger partial charge is 0.325 e. The van der Waals surface area contributed by atoms with Gasteiger partial charge in [0.15, 0.2) is 0 Å². The molecule has 0 spiro atoms. The van der Waals surface area contributed by atoms with Crippen LogP contribution in [0, 0.1) is 5.92 Å². The lowest BCUT2D eigenvalue weighted by Crippen LogP contribution is -2.14. The quantitative estimate of drug-likeness (QED) is 0.849. The lowest BCUT2D eigenvalue weighted by Gasteiger charge is -2.09. The number of hydrogen-bond donors (Lipinski definition) is 1. The molecule has 2 aromatic rings. The number of benzene rings is 1. The monoisotopic (exact) mass is 252 g/mol. The standard InChI is InChI=1S/C16H16N2O/c19-16(9-12-5-1-2-6-12)18-14-10-13-7-3-4-8-15(13)17-11-14/h1,3-5,7-8,10-12H,2,6,9H2,(H,18,19). The van der Waals surface area contributed by atoms with E-state index in [-0.39, 0.29) is 5.91 Å². The van der Waals surface area contributed by atoms with Crippen molar-refractivity contribution in [3.63, 3.8) is 0 Å². The second-order valence-electron chi connectivity index (χ2n) is 4.93. The highest BCUT2D eigenvalue weighted by Gasteiger charge is 2.14. The van der Waals surface area contributed by atoms with E-state index in [4.69, 9.17) is 0 Å². The minimum Gasteiger partial charge on any atom is -0.325 e. The highest BCUT2D eigenvalue weighted by atomic mass is 16.1. The fourth-order valence-electron chi connectivity index (χ4n) is 2.45. The number of nitrogens with zero attached hydrogens (tertiary/aromatic N) is 1. The zero-order chi connectivity index (χ0) is 13.1. The molecule has 1 aliphatic rings. The Labute approximate surface area is 112 Å². The molecule has 1 N–H and O–H groups in total. The van der Waals surface area contributed by atoms with Gasteiger partial charge in [-0.1, -0.05) is 30.4 Å². The van der Waals surface area contributed by atoms with E-state index in [0.717, 1.165) is 29.4 Å². The Balaban J connectivity index is 1.70. The number of pyridine rings is 1. The van der Waals surface area contributed by atoms with Gasteiger partial charge in [-0.15, -0.1) is 0 Å². The topological polar surface area (TPSA) is 42.0 Å². The maximum Gasteiger partial charge on any atom is 0.225 e. The minimum absolute atomic E-state index is 0.0635. The van der Waals surface area contributed by atoms with E-state index in [0.29, 0.717) is 12.3 Å². The number of hydrogen-bond acceptors (Lipinski definition) is 2. The Kier molecular flexibility index (Phi) is 3.27. The smallest absolute Gasteiger partial charge is 0.225 e. The average molecular weight is 252 g/mol. The minimum atomic E-state index is 0.0635. The molecule has 1 heterocycles. The maximum absolute atomic E-state index is 11.9. The van der Waals surface area contributed by atoms with Gasteiger partial charge in [-0.2, -0.15) is 0 Å². The van der Waals surface area contributed by atoms with Crippen molar-refractivity contribution in [1.29, 1.82) is 0 Å². The van der Waals surface area contributed by atoms with Gasteiger partial charge < -0.3 is 5.32 Å². The summed E-state index contributed by atoms with van der Waals surface area (Å²) in [6.45, 7) is 0. The molecular formula is C16H16N2O. The molecule has 0 aliphatic heterocycles. The van der Waals surface area contributed by atoms with Gasteiger partial charge in [-0.3, -0.25) is 9.78 Å². The van der Waals surface area contributed by atoms with Crippen molar-refractivity contribution < 1.29 is 4.79 Å². The Morgan fingerprint density at radius 2 is 2.26 bits per heavy atom. The molecule has 1 unspecified atom stereocenters. The van der Waals surface area contributed by atoms with Crippen LogP contribution in [0.15, 0.2) is 48.7 Å². The summed E-state index contributed by atoms with van der Waals surface area (Å²) in [5.41, 5.74) is 1.71. The van der Waals surface area contributed by atoms with Crippen LogP contribution in [0.2, 0.25) is 0 Å². The van der Waals surface area contributed by atoms with Crippen LogP contribution < -0.4 is 5.32 Å². The molecule has 0 fully saturated rings. The van der Waals surface area contributed by atoms with E-state index >= 15 is 0 Å². The predicted molar refractivity (Wildman–Crippen MR) is 76.9 cm³/mol. The molecule has 1 aromatic heterocycles.